The number of aryl methyl sites for hydroxylation is 2. The molecule has 0 spiro atoms. The van der Waals surface area contributed by atoms with Crippen LogP contribution < -0.4 is 0 Å². The second kappa shape index (κ2) is 6.42. The lowest BCUT2D eigenvalue weighted by molar-refractivity contribution is 0.365. The first-order valence-electron chi connectivity index (χ1n) is 8.58. The summed E-state index contributed by atoms with van der Waals surface area (Å²) in [7, 11) is 0. The lowest BCUT2D eigenvalue weighted by Gasteiger charge is -2.17. The Bertz CT molecular complexity index is 434. The van der Waals surface area contributed by atoms with Crippen LogP contribution in [-0.4, -0.2) is 5.11 Å². The van der Waals surface area contributed by atoms with Gasteiger partial charge in [0.1, 0.15) is 5.75 Å². The Kier molecular flexibility index (Phi) is 5.01. The third-order valence-electron chi connectivity index (χ3n) is 4.78. The molecule has 1 aliphatic carbocycles. The molecule has 0 heterocycles. The van der Waals surface area contributed by atoms with Crippen molar-refractivity contribution in [2.24, 2.45) is 10.8 Å². The second-order valence-corrected chi connectivity index (χ2v) is 8.59. The minimum absolute atomic E-state index is 0.402. The normalized spacial score (nSPS) is 17.0. The maximum atomic E-state index is 9.92. The lowest BCUT2D eigenvalue weighted by Crippen LogP contribution is -2.05. The molecule has 1 aromatic rings. The highest BCUT2D eigenvalue weighted by Crippen LogP contribution is 2.49. The van der Waals surface area contributed by atoms with E-state index in [1.54, 1.807) is 0 Å². The van der Waals surface area contributed by atoms with E-state index in [4.69, 9.17) is 0 Å². The summed E-state index contributed by atoms with van der Waals surface area (Å²) in [6.45, 7) is 9.27. The summed E-state index contributed by atoms with van der Waals surface area (Å²) in [4.78, 5) is 0. The van der Waals surface area contributed by atoms with Gasteiger partial charge in [0.2, 0.25) is 0 Å². The lowest BCUT2D eigenvalue weighted by atomic mass is 9.88. The first kappa shape index (κ1) is 16.4. The average Bonchev–Trinajstić information content (AvgIpc) is 3.05. The molecule has 0 saturated heterocycles. The summed E-state index contributed by atoms with van der Waals surface area (Å²) >= 11 is 0. The largest absolute Gasteiger partial charge is 0.508 e. The minimum atomic E-state index is 0.402. The van der Waals surface area contributed by atoms with Crippen molar-refractivity contribution in [2.75, 3.05) is 0 Å². The minimum Gasteiger partial charge on any atom is -0.508 e. The summed E-state index contributed by atoms with van der Waals surface area (Å²) < 4.78 is 0. The quantitative estimate of drug-likeness (QED) is 0.664. The Balaban J connectivity index is 1.84. The van der Waals surface area contributed by atoms with Crippen LogP contribution in [0.5, 0.6) is 5.75 Å². The Hall–Kier alpha value is -0.980. The molecular weight excluding hydrogens is 256 g/mol. The summed E-state index contributed by atoms with van der Waals surface area (Å²) in [6, 6.07) is 6.19. The van der Waals surface area contributed by atoms with E-state index in [0.717, 1.165) is 12.8 Å². The van der Waals surface area contributed by atoms with Crippen LogP contribution in [0.2, 0.25) is 0 Å². The van der Waals surface area contributed by atoms with Crippen molar-refractivity contribution in [1.82, 2.24) is 0 Å². The van der Waals surface area contributed by atoms with Gasteiger partial charge in [0.25, 0.3) is 0 Å². The van der Waals surface area contributed by atoms with Gasteiger partial charge in [-0.1, -0.05) is 33.8 Å². The van der Waals surface area contributed by atoms with Crippen LogP contribution in [0, 0.1) is 10.8 Å². The molecule has 1 saturated carbocycles. The molecule has 2 rings (SSSR count). The van der Waals surface area contributed by atoms with E-state index in [2.05, 4.69) is 33.8 Å². The van der Waals surface area contributed by atoms with Gasteiger partial charge >= 0.3 is 0 Å². The van der Waals surface area contributed by atoms with E-state index in [1.807, 2.05) is 12.1 Å². The van der Waals surface area contributed by atoms with Gasteiger partial charge in [-0.2, -0.15) is 0 Å². The van der Waals surface area contributed by atoms with Gasteiger partial charge in [-0.05, 0) is 85.5 Å². The first-order chi connectivity index (χ1) is 9.76. The molecule has 0 aromatic heterocycles. The number of aromatic hydroxyl groups is 1. The molecule has 1 fully saturated rings. The predicted octanol–water partition coefficient (Wildman–Crippen LogP) is 5.88. The predicted molar refractivity (Wildman–Crippen MR) is 90.8 cm³/mol. The van der Waals surface area contributed by atoms with Crippen molar-refractivity contribution in [3.63, 3.8) is 0 Å². The van der Waals surface area contributed by atoms with Crippen molar-refractivity contribution < 1.29 is 5.11 Å². The summed E-state index contributed by atoms with van der Waals surface area (Å²) in [5.74, 6) is 0.441. The van der Waals surface area contributed by atoms with Crippen LogP contribution >= 0.6 is 0 Å². The summed E-state index contributed by atoms with van der Waals surface area (Å²) in [5, 5.41) is 9.92. The van der Waals surface area contributed by atoms with Gasteiger partial charge in [0.15, 0.2) is 0 Å². The molecule has 1 aromatic carbocycles. The fourth-order valence-electron chi connectivity index (χ4n) is 3.04. The van der Waals surface area contributed by atoms with Crippen LogP contribution in [0.25, 0.3) is 0 Å². The Morgan fingerprint density at radius 2 is 1.57 bits per heavy atom. The van der Waals surface area contributed by atoms with Crippen LogP contribution in [-0.2, 0) is 12.8 Å². The summed E-state index contributed by atoms with van der Waals surface area (Å²) in [5.41, 5.74) is 3.66. The zero-order valence-corrected chi connectivity index (χ0v) is 14.3. The number of hydrogen-bond acceptors (Lipinski definition) is 1. The summed E-state index contributed by atoms with van der Waals surface area (Å²) in [6.07, 6.45) is 10.0. The Morgan fingerprint density at radius 1 is 1.00 bits per heavy atom. The van der Waals surface area contributed by atoms with Crippen molar-refractivity contribution in [1.29, 1.82) is 0 Å². The topological polar surface area (TPSA) is 20.2 Å². The first-order valence-corrected chi connectivity index (χ1v) is 8.58. The van der Waals surface area contributed by atoms with E-state index in [-0.39, 0.29) is 0 Å². The molecule has 1 aliphatic rings. The monoisotopic (exact) mass is 288 g/mol. The Morgan fingerprint density at radius 3 is 2.10 bits per heavy atom. The van der Waals surface area contributed by atoms with E-state index >= 15 is 0 Å². The highest BCUT2D eigenvalue weighted by molar-refractivity contribution is 5.33. The SMILES string of the molecule is CC(C)(C)CCCc1cc(O)cc(CCCC2(C)CC2)c1. The fourth-order valence-corrected chi connectivity index (χ4v) is 3.04. The molecule has 0 unspecified atom stereocenters. The van der Waals surface area contributed by atoms with E-state index in [1.165, 1.54) is 49.7 Å². The van der Waals surface area contributed by atoms with Crippen molar-refractivity contribution >= 4 is 0 Å². The molecular formula is C20H32O. The van der Waals surface area contributed by atoms with E-state index < -0.39 is 0 Å². The van der Waals surface area contributed by atoms with Crippen LogP contribution in [0.4, 0.5) is 0 Å². The molecule has 1 N–H and O–H groups in total. The molecule has 118 valence electrons. The maximum Gasteiger partial charge on any atom is 0.116 e. The van der Waals surface area contributed by atoms with Crippen molar-refractivity contribution in [3.8, 4) is 5.75 Å². The molecule has 0 aliphatic heterocycles. The van der Waals surface area contributed by atoms with Gasteiger partial charge in [-0.3, -0.25) is 0 Å². The molecule has 21 heavy (non-hydrogen) atoms. The molecule has 1 heteroatoms. The molecule has 0 atom stereocenters. The zero-order chi connectivity index (χ0) is 15.5. The van der Waals surface area contributed by atoms with Crippen molar-refractivity contribution in [2.45, 2.75) is 79.1 Å². The maximum absolute atomic E-state index is 9.92. The molecule has 0 radical (unpaired) electrons. The number of phenolic OH excluding ortho intramolecular Hbond substituents is 1. The van der Waals surface area contributed by atoms with Crippen LogP contribution in [0.1, 0.15) is 77.3 Å². The smallest absolute Gasteiger partial charge is 0.116 e. The van der Waals surface area contributed by atoms with Gasteiger partial charge in [0, 0.05) is 0 Å². The highest BCUT2D eigenvalue weighted by Gasteiger charge is 2.35. The molecule has 1 nitrogen and oxygen atoms in total. The highest BCUT2D eigenvalue weighted by atomic mass is 16.3. The third-order valence-corrected chi connectivity index (χ3v) is 4.78. The van der Waals surface area contributed by atoms with E-state index in [0.29, 0.717) is 16.6 Å². The fraction of sp³-hybridized carbons (Fsp3) is 0.700. The van der Waals surface area contributed by atoms with Gasteiger partial charge in [-0.15, -0.1) is 0 Å². The van der Waals surface area contributed by atoms with E-state index in [9.17, 15) is 5.11 Å². The van der Waals surface area contributed by atoms with Crippen LogP contribution in [0.15, 0.2) is 18.2 Å². The number of benzene rings is 1. The van der Waals surface area contributed by atoms with Gasteiger partial charge in [0.05, 0.1) is 0 Å². The molecule has 0 amide bonds. The van der Waals surface area contributed by atoms with Gasteiger partial charge in [-0.25, -0.2) is 0 Å². The number of phenols is 1. The second-order valence-electron chi connectivity index (χ2n) is 8.59. The molecule has 0 bridgehead atoms. The number of rotatable bonds is 7. The number of hydrogen-bond donors (Lipinski definition) is 1. The third kappa shape index (κ3) is 6.11. The van der Waals surface area contributed by atoms with Crippen LogP contribution in [0.3, 0.4) is 0 Å². The Labute approximate surface area is 130 Å². The average molecular weight is 288 g/mol. The zero-order valence-electron chi connectivity index (χ0n) is 14.3. The standard InChI is InChI=1S/C20H32O/c1-19(2,3)9-5-7-16-13-17(15-18(21)14-16)8-6-10-20(4)11-12-20/h13-15,21H,5-12H2,1-4H3. The van der Waals surface area contributed by atoms with Gasteiger partial charge < -0.3 is 5.11 Å². The van der Waals surface area contributed by atoms with Crippen molar-refractivity contribution in [3.05, 3.63) is 29.3 Å².